The Kier molecular flexibility index (Phi) is 2.78. The lowest BCUT2D eigenvalue weighted by Crippen LogP contribution is -2.31. The SMILES string of the molecule is Cc1nc2c(c(=O)[nH]1)C(c1cccc(O)c1)CC(=O)N2. The molecule has 6 nitrogen and oxygen atoms in total. The molecule has 3 N–H and O–H groups in total. The Hall–Kier alpha value is -2.63. The van der Waals surface area contributed by atoms with Crippen molar-refractivity contribution in [3.05, 3.63) is 51.6 Å². The third-order valence-corrected chi connectivity index (χ3v) is 3.34. The summed E-state index contributed by atoms with van der Waals surface area (Å²) in [5, 5.41) is 12.2. The van der Waals surface area contributed by atoms with Gasteiger partial charge in [0.25, 0.3) is 5.56 Å². The van der Waals surface area contributed by atoms with Crippen molar-refractivity contribution in [1.29, 1.82) is 0 Å². The summed E-state index contributed by atoms with van der Waals surface area (Å²) >= 11 is 0. The summed E-state index contributed by atoms with van der Waals surface area (Å²) in [5.41, 5.74) is 0.888. The van der Waals surface area contributed by atoms with E-state index in [-0.39, 0.29) is 23.6 Å². The summed E-state index contributed by atoms with van der Waals surface area (Å²) in [4.78, 5) is 30.8. The number of aromatic hydroxyl groups is 1. The number of carbonyl (C=O) groups is 1. The topological polar surface area (TPSA) is 95.1 Å². The maximum Gasteiger partial charge on any atom is 0.256 e. The number of H-pyrrole nitrogens is 1. The number of hydrogen-bond acceptors (Lipinski definition) is 4. The third-order valence-electron chi connectivity index (χ3n) is 3.34. The highest BCUT2D eigenvalue weighted by molar-refractivity contribution is 5.94. The fraction of sp³-hybridized carbons (Fsp3) is 0.214. The van der Waals surface area contributed by atoms with Gasteiger partial charge in [0.2, 0.25) is 5.91 Å². The van der Waals surface area contributed by atoms with Crippen molar-refractivity contribution in [2.45, 2.75) is 19.3 Å². The summed E-state index contributed by atoms with van der Waals surface area (Å²) in [6.07, 6.45) is 0.157. The van der Waals surface area contributed by atoms with Crippen LogP contribution in [-0.4, -0.2) is 21.0 Å². The number of nitrogens with zero attached hydrogens (tertiary/aromatic N) is 1. The largest absolute Gasteiger partial charge is 0.508 e. The molecule has 0 radical (unpaired) electrons. The molecular formula is C14H13N3O3. The minimum absolute atomic E-state index is 0.103. The van der Waals surface area contributed by atoms with Crippen molar-refractivity contribution >= 4 is 11.7 Å². The van der Waals surface area contributed by atoms with Gasteiger partial charge in [0, 0.05) is 12.3 Å². The molecule has 20 heavy (non-hydrogen) atoms. The first-order valence-electron chi connectivity index (χ1n) is 6.24. The Balaban J connectivity index is 2.20. The normalized spacial score (nSPS) is 17.4. The number of aryl methyl sites for hydroxylation is 1. The van der Waals surface area contributed by atoms with Crippen molar-refractivity contribution in [2.24, 2.45) is 0 Å². The van der Waals surface area contributed by atoms with Crippen LogP contribution in [0.4, 0.5) is 5.82 Å². The second kappa shape index (κ2) is 4.48. The summed E-state index contributed by atoms with van der Waals surface area (Å²) < 4.78 is 0. The molecule has 0 bridgehead atoms. The van der Waals surface area contributed by atoms with Gasteiger partial charge < -0.3 is 15.4 Å². The molecule has 1 amide bonds. The molecule has 0 aliphatic carbocycles. The summed E-state index contributed by atoms with van der Waals surface area (Å²) in [7, 11) is 0. The van der Waals surface area contributed by atoms with Gasteiger partial charge in [0.05, 0.1) is 5.56 Å². The number of phenolic OH excluding ortho intramolecular Hbond substituents is 1. The summed E-state index contributed by atoms with van der Waals surface area (Å²) in [6, 6.07) is 6.58. The molecule has 1 aromatic heterocycles. The minimum Gasteiger partial charge on any atom is -0.508 e. The van der Waals surface area contributed by atoms with E-state index in [4.69, 9.17) is 0 Å². The molecule has 0 saturated carbocycles. The summed E-state index contributed by atoms with van der Waals surface area (Å²) in [5.74, 6) is 0.263. The number of nitrogens with one attached hydrogen (secondary N) is 2. The fourth-order valence-corrected chi connectivity index (χ4v) is 2.51. The molecule has 0 saturated heterocycles. The van der Waals surface area contributed by atoms with Gasteiger partial charge in [0.1, 0.15) is 17.4 Å². The van der Waals surface area contributed by atoms with E-state index < -0.39 is 5.92 Å². The van der Waals surface area contributed by atoms with E-state index in [0.717, 1.165) is 5.56 Å². The lowest BCUT2D eigenvalue weighted by Gasteiger charge is -2.24. The molecule has 1 aliphatic rings. The number of fused-ring (bicyclic) bond motifs is 1. The fourth-order valence-electron chi connectivity index (χ4n) is 2.51. The lowest BCUT2D eigenvalue weighted by molar-refractivity contribution is -0.116. The first-order chi connectivity index (χ1) is 9.54. The molecule has 1 atom stereocenters. The van der Waals surface area contributed by atoms with E-state index >= 15 is 0 Å². The van der Waals surface area contributed by atoms with Crippen molar-refractivity contribution in [3.63, 3.8) is 0 Å². The van der Waals surface area contributed by atoms with Crippen LogP contribution in [0.15, 0.2) is 29.1 Å². The van der Waals surface area contributed by atoms with E-state index in [1.54, 1.807) is 31.2 Å². The van der Waals surface area contributed by atoms with E-state index in [9.17, 15) is 14.7 Å². The third kappa shape index (κ3) is 2.05. The molecule has 102 valence electrons. The minimum atomic E-state index is -0.400. The number of rotatable bonds is 1. The Bertz CT molecular complexity index is 752. The molecule has 0 fully saturated rings. The van der Waals surface area contributed by atoms with E-state index in [0.29, 0.717) is 17.2 Å². The number of phenols is 1. The van der Waals surface area contributed by atoms with Crippen molar-refractivity contribution in [3.8, 4) is 5.75 Å². The number of carbonyl (C=O) groups excluding carboxylic acids is 1. The van der Waals surface area contributed by atoms with Crippen LogP contribution < -0.4 is 10.9 Å². The Morgan fingerprint density at radius 2 is 2.15 bits per heavy atom. The van der Waals surface area contributed by atoms with Crippen LogP contribution in [0.25, 0.3) is 0 Å². The molecule has 2 heterocycles. The number of amides is 1. The van der Waals surface area contributed by atoms with Crippen LogP contribution in [0.2, 0.25) is 0 Å². The summed E-state index contributed by atoms with van der Waals surface area (Å²) in [6.45, 7) is 1.66. The molecule has 1 aliphatic heterocycles. The standard InChI is InChI=1S/C14H13N3O3/c1-7-15-13-12(14(20)16-7)10(6-11(19)17-13)8-3-2-4-9(18)5-8/h2-5,10,18H,6H2,1H3,(H2,15,16,17,19,20). The lowest BCUT2D eigenvalue weighted by atomic mass is 9.87. The number of hydrogen-bond donors (Lipinski definition) is 3. The van der Waals surface area contributed by atoms with Gasteiger partial charge in [-0.15, -0.1) is 0 Å². The molecule has 6 heteroatoms. The van der Waals surface area contributed by atoms with Crippen LogP contribution in [-0.2, 0) is 4.79 Å². The Labute approximate surface area is 114 Å². The average Bonchev–Trinajstić information content (AvgIpc) is 2.36. The monoisotopic (exact) mass is 271 g/mol. The maximum atomic E-state index is 12.2. The van der Waals surface area contributed by atoms with Crippen LogP contribution >= 0.6 is 0 Å². The van der Waals surface area contributed by atoms with Gasteiger partial charge in [-0.2, -0.15) is 0 Å². The van der Waals surface area contributed by atoms with E-state index in [2.05, 4.69) is 15.3 Å². The Morgan fingerprint density at radius 3 is 2.90 bits per heavy atom. The predicted molar refractivity (Wildman–Crippen MR) is 72.8 cm³/mol. The molecule has 3 rings (SSSR count). The van der Waals surface area contributed by atoms with Crippen LogP contribution in [0.3, 0.4) is 0 Å². The van der Waals surface area contributed by atoms with Crippen molar-refractivity contribution in [1.82, 2.24) is 9.97 Å². The molecule has 0 spiro atoms. The number of benzene rings is 1. The second-order valence-corrected chi connectivity index (χ2v) is 4.81. The van der Waals surface area contributed by atoms with Gasteiger partial charge >= 0.3 is 0 Å². The van der Waals surface area contributed by atoms with Gasteiger partial charge in [-0.1, -0.05) is 12.1 Å². The quantitative estimate of drug-likeness (QED) is 0.727. The number of aromatic amines is 1. The van der Waals surface area contributed by atoms with E-state index in [1.165, 1.54) is 0 Å². The van der Waals surface area contributed by atoms with Crippen LogP contribution in [0.5, 0.6) is 5.75 Å². The first-order valence-corrected chi connectivity index (χ1v) is 6.24. The zero-order chi connectivity index (χ0) is 14.3. The predicted octanol–water partition coefficient (Wildman–Crippen LogP) is 1.26. The second-order valence-electron chi connectivity index (χ2n) is 4.81. The van der Waals surface area contributed by atoms with Gasteiger partial charge in [-0.05, 0) is 24.6 Å². The zero-order valence-electron chi connectivity index (χ0n) is 10.8. The molecule has 2 aromatic rings. The number of anilines is 1. The molecule has 1 unspecified atom stereocenters. The molecule has 1 aromatic carbocycles. The van der Waals surface area contributed by atoms with Crippen molar-refractivity contribution < 1.29 is 9.90 Å². The molecular weight excluding hydrogens is 258 g/mol. The first kappa shape index (κ1) is 12.4. The van der Waals surface area contributed by atoms with E-state index in [1.807, 2.05) is 0 Å². The van der Waals surface area contributed by atoms with Gasteiger partial charge in [-0.25, -0.2) is 4.98 Å². The maximum absolute atomic E-state index is 12.2. The number of aromatic nitrogens is 2. The van der Waals surface area contributed by atoms with Crippen molar-refractivity contribution in [2.75, 3.05) is 5.32 Å². The highest BCUT2D eigenvalue weighted by Gasteiger charge is 2.30. The highest BCUT2D eigenvalue weighted by atomic mass is 16.3. The average molecular weight is 271 g/mol. The highest BCUT2D eigenvalue weighted by Crippen LogP contribution is 2.34. The van der Waals surface area contributed by atoms with Crippen LogP contribution in [0, 0.1) is 6.92 Å². The smallest absolute Gasteiger partial charge is 0.256 e. The Morgan fingerprint density at radius 1 is 1.35 bits per heavy atom. The van der Waals surface area contributed by atoms with Crippen LogP contribution in [0.1, 0.15) is 29.3 Å². The van der Waals surface area contributed by atoms with Gasteiger partial charge in [-0.3, -0.25) is 9.59 Å². The van der Waals surface area contributed by atoms with Gasteiger partial charge in [0.15, 0.2) is 0 Å². The zero-order valence-corrected chi connectivity index (χ0v) is 10.8.